The molecule has 1 aromatic carbocycles. The van der Waals surface area contributed by atoms with E-state index in [1.165, 1.54) is 18.5 Å². The second-order valence-electron chi connectivity index (χ2n) is 4.37. The van der Waals surface area contributed by atoms with Gasteiger partial charge in [0.05, 0.1) is 16.1 Å². The lowest BCUT2D eigenvalue weighted by Gasteiger charge is -2.09. The minimum absolute atomic E-state index is 0.00365. The minimum atomic E-state index is -3.06. The van der Waals surface area contributed by atoms with Gasteiger partial charge in [-0.25, -0.2) is 8.42 Å². The highest BCUT2D eigenvalue weighted by Gasteiger charge is 2.14. The number of rotatable bonds is 5. The van der Waals surface area contributed by atoms with Crippen LogP contribution >= 0.6 is 0 Å². The molecule has 0 aliphatic rings. The summed E-state index contributed by atoms with van der Waals surface area (Å²) in [4.78, 5) is 14.5. The van der Waals surface area contributed by atoms with Crippen molar-refractivity contribution in [3.05, 3.63) is 40.7 Å². The van der Waals surface area contributed by atoms with Crippen LogP contribution in [0.15, 0.2) is 30.6 Å². The molecule has 0 fully saturated rings. The molecule has 106 valence electrons. The number of nitrogens with one attached hydrogen (secondary N) is 1. The summed E-state index contributed by atoms with van der Waals surface area (Å²) >= 11 is 0. The summed E-state index contributed by atoms with van der Waals surface area (Å²) in [5.41, 5.74) is 0.624. The van der Waals surface area contributed by atoms with Gasteiger partial charge in [0.1, 0.15) is 9.84 Å². The van der Waals surface area contributed by atoms with Gasteiger partial charge in [-0.15, -0.1) is 0 Å². The van der Waals surface area contributed by atoms with Crippen molar-refractivity contribution >= 4 is 32.0 Å². The second-order valence-corrected chi connectivity index (χ2v) is 6.63. The fourth-order valence-corrected chi connectivity index (χ4v) is 2.33. The van der Waals surface area contributed by atoms with Crippen molar-refractivity contribution in [3.63, 3.8) is 0 Å². The molecule has 2 rings (SSSR count). The van der Waals surface area contributed by atoms with E-state index < -0.39 is 14.8 Å². The van der Waals surface area contributed by atoms with Crippen LogP contribution in [0.1, 0.15) is 0 Å². The Hall–Kier alpha value is -2.22. The van der Waals surface area contributed by atoms with Crippen molar-refractivity contribution in [1.29, 1.82) is 0 Å². The molecule has 0 bridgehead atoms. The molecule has 8 heteroatoms. The number of anilines is 1. The normalized spacial score (nSPS) is 11.4. The largest absolute Gasteiger partial charge is 0.383 e. The van der Waals surface area contributed by atoms with Crippen molar-refractivity contribution in [2.75, 3.05) is 23.9 Å². The maximum absolute atomic E-state index is 11.1. The monoisotopic (exact) mass is 295 g/mol. The molecule has 0 atom stereocenters. The van der Waals surface area contributed by atoms with Crippen molar-refractivity contribution in [3.8, 4) is 0 Å². The van der Waals surface area contributed by atoms with Crippen LogP contribution in [0.4, 0.5) is 11.4 Å². The average Bonchev–Trinajstić information content (AvgIpc) is 2.37. The Kier molecular flexibility index (Phi) is 3.84. The van der Waals surface area contributed by atoms with Crippen LogP contribution in [0.2, 0.25) is 0 Å². The number of pyridine rings is 1. The van der Waals surface area contributed by atoms with Gasteiger partial charge in [-0.05, 0) is 12.1 Å². The summed E-state index contributed by atoms with van der Waals surface area (Å²) in [6, 6.07) is 4.52. The lowest BCUT2D eigenvalue weighted by molar-refractivity contribution is -0.383. The number of non-ortho nitro benzene ring substituents is 1. The number of benzene rings is 1. The van der Waals surface area contributed by atoms with Gasteiger partial charge >= 0.3 is 0 Å². The second kappa shape index (κ2) is 5.41. The number of hydrogen-bond donors (Lipinski definition) is 1. The molecular weight excluding hydrogens is 282 g/mol. The Labute approximate surface area is 115 Å². The van der Waals surface area contributed by atoms with Crippen molar-refractivity contribution < 1.29 is 13.3 Å². The third-order valence-corrected chi connectivity index (χ3v) is 3.73. The predicted molar refractivity (Wildman–Crippen MR) is 76.6 cm³/mol. The Morgan fingerprint density at radius 1 is 1.30 bits per heavy atom. The van der Waals surface area contributed by atoms with Crippen LogP contribution < -0.4 is 5.32 Å². The molecule has 7 nitrogen and oxygen atoms in total. The van der Waals surface area contributed by atoms with E-state index in [9.17, 15) is 18.5 Å². The number of nitro benzene ring substituents is 1. The highest BCUT2D eigenvalue weighted by molar-refractivity contribution is 7.90. The highest BCUT2D eigenvalue weighted by Crippen LogP contribution is 2.30. The van der Waals surface area contributed by atoms with Gasteiger partial charge < -0.3 is 5.32 Å². The maximum atomic E-state index is 11.1. The molecule has 0 unspecified atom stereocenters. The van der Waals surface area contributed by atoms with Crippen LogP contribution in [-0.2, 0) is 9.84 Å². The molecule has 1 N–H and O–H groups in total. The molecule has 1 heterocycles. The minimum Gasteiger partial charge on any atom is -0.383 e. The number of fused-ring (bicyclic) bond motifs is 1. The first-order chi connectivity index (χ1) is 9.38. The molecule has 1 aromatic heterocycles. The summed E-state index contributed by atoms with van der Waals surface area (Å²) in [5, 5.41) is 15.0. The molecule has 0 aliphatic heterocycles. The average molecular weight is 295 g/mol. The third kappa shape index (κ3) is 3.21. The molecule has 0 saturated carbocycles. The zero-order valence-electron chi connectivity index (χ0n) is 10.7. The number of sulfone groups is 1. The first-order valence-corrected chi connectivity index (χ1v) is 7.87. The number of hydrogen-bond acceptors (Lipinski definition) is 6. The first-order valence-electron chi connectivity index (χ1n) is 5.81. The van der Waals surface area contributed by atoms with E-state index in [0.29, 0.717) is 16.5 Å². The number of aromatic nitrogens is 1. The van der Waals surface area contributed by atoms with Gasteiger partial charge in [0, 0.05) is 42.3 Å². The third-order valence-electron chi connectivity index (χ3n) is 2.78. The van der Waals surface area contributed by atoms with Gasteiger partial charge in [0.2, 0.25) is 0 Å². The Morgan fingerprint density at radius 2 is 2.05 bits per heavy atom. The van der Waals surface area contributed by atoms with Crippen LogP contribution in [0.5, 0.6) is 0 Å². The first kappa shape index (κ1) is 14.2. The summed E-state index contributed by atoms with van der Waals surface area (Å²) in [6.07, 6.45) is 4.16. The van der Waals surface area contributed by atoms with Crippen molar-refractivity contribution in [2.24, 2.45) is 0 Å². The fourth-order valence-electron chi connectivity index (χ4n) is 1.86. The predicted octanol–water partition coefficient (Wildman–Crippen LogP) is 1.60. The van der Waals surface area contributed by atoms with E-state index in [1.807, 2.05) is 0 Å². The van der Waals surface area contributed by atoms with E-state index >= 15 is 0 Å². The molecular formula is C12H13N3O4S. The highest BCUT2D eigenvalue weighted by atomic mass is 32.2. The fraction of sp³-hybridized carbons (Fsp3) is 0.250. The topological polar surface area (TPSA) is 102 Å². The zero-order valence-corrected chi connectivity index (χ0v) is 11.6. The van der Waals surface area contributed by atoms with E-state index in [0.717, 1.165) is 6.26 Å². The summed E-state index contributed by atoms with van der Waals surface area (Å²) < 4.78 is 22.2. The molecule has 0 spiro atoms. The Bertz CT molecular complexity index is 758. The van der Waals surface area contributed by atoms with Crippen LogP contribution in [0, 0.1) is 10.1 Å². The van der Waals surface area contributed by atoms with Crippen molar-refractivity contribution in [2.45, 2.75) is 0 Å². The Balaban J connectivity index is 2.36. The van der Waals surface area contributed by atoms with E-state index in [2.05, 4.69) is 10.3 Å². The van der Waals surface area contributed by atoms with Gasteiger partial charge in [-0.3, -0.25) is 15.1 Å². The lowest BCUT2D eigenvalue weighted by atomic mass is 10.1. The zero-order chi connectivity index (χ0) is 14.8. The Morgan fingerprint density at radius 3 is 2.70 bits per heavy atom. The summed E-state index contributed by atoms with van der Waals surface area (Å²) in [5.74, 6) is -0.00819. The van der Waals surface area contributed by atoms with E-state index in [-0.39, 0.29) is 18.0 Å². The van der Waals surface area contributed by atoms with Gasteiger partial charge in [-0.1, -0.05) is 0 Å². The molecule has 20 heavy (non-hydrogen) atoms. The van der Waals surface area contributed by atoms with Crippen LogP contribution in [-0.4, -0.2) is 36.9 Å². The quantitative estimate of drug-likeness (QED) is 0.664. The van der Waals surface area contributed by atoms with Crippen LogP contribution in [0.3, 0.4) is 0 Å². The summed E-state index contributed by atoms with van der Waals surface area (Å²) in [6.45, 7) is 0.237. The number of nitro groups is 1. The molecule has 0 aliphatic carbocycles. The lowest BCUT2D eigenvalue weighted by Crippen LogP contribution is -2.14. The number of nitrogens with zero attached hydrogens (tertiary/aromatic N) is 2. The maximum Gasteiger partial charge on any atom is 0.277 e. The molecule has 0 saturated heterocycles. The summed E-state index contributed by atoms with van der Waals surface area (Å²) in [7, 11) is -3.06. The molecule has 2 aromatic rings. The van der Waals surface area contributed by atoms with Crippen molar-refractivity contribution in [1.82, 2.24) is 4.98 Å². The molecule has 0 radical (unpaired) electrons. The SMILES string of the molecule is CS(=O)(=O)CCNc1ccc([N+](=O)[O-])c2ccncc12. The van der Waals surface area contributed by atoms with Gasteiger partial charge in [0.25, 0.3) is 5.69 Å². The van der Waals surface area contributed by atoms with Gasteiger partial charge in [0.15, 0.2) is 0 Å². The van der Waals surface area contributed by atoms with Gasteiger partial charge in [-0.2, -0.15) is 0 Å². The van der Waals surface area contributed by atoms with E-state index in [4.69, 9.17) is 0 Å². The smallest absolute Gasteiger partial charge is 0.277 e. The standard InChI is InChI=1S/C12H13N3O4S/c1-20(18,19)7-6-14-11-2-3-12(15(16)17)9-4-5-13-8-10(9)11/h2-5,8,14H,6-7H2,1H3. The van der Waals surface area contributed by atoms with Crippen LogP contribution in [0.25, 0.3) is 10.8 Å². The van der Waals surface area contributed by atoms with E-state index in [1.54, 1.807) is 12.1 Å². The molecule has 0 amide bonds.